The van der Waals surface area contributed by atoms with E-state index in [1.165, 1.54) is 12.8 Å². The second-order valence-corrected chi connectivity index (χ2v) is 4.01. The molecule has 2 saturated carbocycles. The van der Waals surface area contributed by atoms with Gasteiger partial charge >= 0.3 is 5.97 Å². The Hall–Kier alpha value is -0.570. The average molecular weight is 169 g/mol. The van der Waals surface area contributed by atoms with Crippen LogP contribution in [0.1, 0.15) is 38.5 Å². The lowest BCUT2D eigenvalue weighted by molar-refractivity contribution is -0.141. The first kappa shape index (κ1) is 8.05. The van der Waals surface area contributed by atoms with Crippen LogP contribution in [0, 0.1) is 0 Å². The summed E-state index contributed by atoms with van der Waals surface area (Å²) in [6.45, 7) is 0. The molecule has 2 aliphatic rings. The van der Waals surface area contributed by atoms with Gasteiger partial charge in [-0.3, -0.25) is 10.1 Å². The maximum Gasteiger partial charge on any atom is 0.323 e. The molecule has 0 aromatic rings. The van der Waals surface area contributed by atoms with Crippen LogP contribution in [-0.2, 0) is 4.79 Å². The van der Waals surface area contributed by atoms with Crippen molar-refractivity contribution in [2.24, 2.45) is 0 Å². The van der Waals surface area contributed by atoms with Gasteiger partial charge in [0.25, 0.3) is 0 Å². The van der Waals surface area contributed by atoms with Crippen molar-refractivity contribution >= 4 is 5.97 Å². The molecule has 0 atom stereocenters. The summed E-state index contributed by atoms with van der Waals surface area (Å²) in [6.07, 6.45) is 6.47. The van der Waals surface area contributed by atoms with Crippen molar-refractivity contribution in [1.29, 1.82) is 0 Å². The van der Waals surface area contributed by atoms with Crippen molar-refractivity contribution in [2.75, 3.05) is 0 Å². The number of rotatable bonds is 3. The average Bonchev–Trinajstić information content (AvgIpc) is 2.60. The first-order valence-corrected chi connectivity index (χ1v) is 4.74. The largest absolute Gasteiger partial charge is 0.480 e. The van der Waals surface area contributed by atoms with Crippen LogP contribution in [0.5, 0.6) is 0 Å². The zero-order valence-corrected chi connectivity index (χ0v) is 7.18. The molecular weight excluding hydrogens is 154 g/mol. The van der Waals surface area contributed by atoms with E-state index < -0.39 is 11.5 Å². The fraction of sp³-hybridized carbons (Fsp3) is 0.889. The van der Waals surface area contributed by atoms with Gasteiger partial charge in [-0.1, -0.05) is 12.8 Å². The second-order valence-electron chi connectivity index (χ2n) is 4.01. The van der Waals surface area contributed by atoms with Crippen LogP contribution in [0.2, 0.25) is 0 Å². The summed E-state index contributed by atoms with van der Waals surface area (Å²) in [5.74, 6) is -0.658. The van der Waals surface area contributed by atoms with E-state index in [9.17, 15) is 4.79 Å². The van der Waals surface area contributed by atoms with Crippen molar-refractivity contribution in [3.8, 4) is 0 Å². The van der Waals surface area contributed by atoms with Gasteiger partial charge in [-0.05, 0) is 25.7 Å². The van der Waals surface area contributed by atoms with Crippen molar-refractivity contribution in [1.82, 2.24) is 5.32 Å². The maximum atomic E-state index is 10.8. The zero-order chi connectivity index (χ0) is 8.60. The molecule has 0 radical (unpaired) electrons. The van der Waals surface area contributed by atoms with Crippen molar-refractivity contribution in [2.45, 2.75) is 50.1 Å². The molecular formula is C9H15NO2. The first-order valence-electron chi connectivity index (χ1n) is 4.74. The smallest absolute Gasteiger partial charge is 0.323 e. The van der Waals surface area contributed by atoms with Gasteiger partial charge in [0.2, 0.25) is 0 Å². The minimum absolute atomic E-state index is 0.476. The molecule has 0 unspecified atom stereocenters. The quantitative estimate of drug-likeness (QED) is 0.666. The van der Waals surface area contributed by atoms with Crippen LogP contribution in [0.4, 0.5) is 0 Å². The van der Waals surface area contributed by atoms with Gasteiger partial charge < -0.3 is 5.11 Å². The summed E-state index contributed by atoms with van der Waals surface area (Å²) >= 11 is 0. The zero-order valence-electron chi connectivity index (χ0n) is 7.18. The van der Waals surface area contributed by atoms with E-state index in [0.29, 0.717) is 6.04 Å². The highest BCUT2D eigenvalue weighted by atomic mass is 16.4. The first-order chi connectivity index (χ1) is 5.73. The third-order valence-electron chi connectivity index (χ3n) is 2.99. The molecule has 0 heterocycles. The summed E-state index contributed by atoms with van der Waals surface area (Å²) in [5.41, 5.74) is -0.519. The van der Waals surface area contributed by atoms with Crippen LogP contribution in [-0.4, -0.2) is 22.7 Å². The Morgan fingerprint density at radius 1 is 1.33 bits per heavy atom. The number of hydrogen-bond donors (Lipinski definition) is 2. The van der Waals surface area contributed by atoms with Gasteiger partial charge in [0.05, 0.1) is 0 Å². The normalized spacial score (nSPS) is 27.3. The van der Waals surface area contributed by atoms with Gasteiger partial charge in [0.15, 0.2) is 0 Å². The van der Waals surface area contributed by atoms with Gasteiger partial charge in [-0.2, -0.15) is 0 Å². The summed E-state index contributed by atoms with van der Waals surface area (Å²) in [6, 6.07) is 0.476. The predicted octanol–water partition coefficient (Wildman–Crippen LogP) is 1.14. The SMILES string of the molecule is O=C(O)C1(NC2CCCC2)CC1. The molecule has 0 aromatic carbocycles. The molecule has 2 aliphatic carbocycles. The highest BCUT2D eigenvalue weighted by Crippen LogP contribution is 2.37. The van der Waals surface area contributed by atoms with Crippen molar-refractivity contribution < 1.29 is 9.90 Å². The van der Waals surface area contributed by atoms with Gasteiger partial charge in [0.1, 0.15) is 5.54 Å². The van der Waals surface area contributed by atoms with E-state index in [4.69, 9.17) is 5.11 Å². The lowest BCUT2D eigenvalue weighted by Gasteiger charge is -2.17. The predicted molar refractivity (Wildman–Crippen MR) is 45.0 cm³/mol. The standard InChI is InChI=1S/C9H15NO2/c11-8(12)9(5-6-9)10-7-3-1-2-4-7/h7,10H,1-6H2,(H,11,12). The molecule has 2 N–H and O–H groups in total. The molecule has 0 aromatic heterocycles. The molecule has 68 valence electrons. The molecule has 2 rings (SSSR count). The molecule has 12 heavy (non-hydrogen) atoms. The lowest BCUT2D eigenvalue weighted by Crippen LogP contribution is -2.44. The molecule has 3 nitrogen and oxygen atoms in total. The fourth-order valence-electron chi connectivity index (χ4n) is 2.01. The molecule has 0 amide bonds. The van der Waals surface area contributed by atoms with Gasteiger partial charge in [-0.25, -0.2) is 0 Å². The van der Waals surface area contributed by atoms with E-state index >= 15 is 0 Å². The lowest BCUT2D eigenvalue weighted by atomic mass is 10.2. The van der Waals surface area contributed by atoms with E-state index in [-0.39, 0.29) is 0 Å². The number of carboxylic acids is 1. The third kappa shape index (κ3) is 1.33. The summed E-state index contributed by atoms with van der Waals surface area (Å²) in [5, 5.41) is 12.2. The van der Waals surface area contributed by atoms with Crippen LogP contribution in [0.25, 0.3) is 0 Å². The molecule has 3 heteroatoms. The maximum absolute atomic E-state index is 10.8. The Labute approximate surface area is 72.2 Å². The Morgan fingerprint density at radius 3 is 2.33 bits per heavy atom. The number of hydrogen-bond acceptors (Lipinski definition) is 2. The summed E-state index contributed by atoms with van der Waals surface area (Å²) < 4.78 is 0. The minimum Gasteiger partial charge on any atom is -0.480 e. The van der Waals surface area contributed by atoms with E-state index in [0.717, 1.165) is 25.7 Å². The Kier molecular flexibility index (Phi) is 1.83. The van der Waals surface area contributed by atoms with E-state index in [1.807, 2.05) is 0 Å². The molecule has 0 spiro atoms. The minimum atomic E-state index is -0.658. The van der Waals surface area contributed by atoms with E-state index in [2.05, 4.69) is 5.32 Å². The Balaban J connectivity index is 1.89. The van der Waals surface area contributed by atoms with Crippen molar-refractivity contribution in [3.63, 3.8) is 0 Å². The number of carbonyl (C=O) groups is 1. The summed E-state index contributed by atoms with van der Waals surface area (Å²) in [7, 11) is 0. The highest BCUT2D eigenvalue weighted by Gasteiger charge is 2.51. The third-order valence-corrected chi connectivity index (χ3v) is 2.99. The number of carboxylic acid groups (broad SMARTS) is 1. The van der Waals surface area contributed by atoms with Gasteiger partial charge in [-0.15, -0.1) is 0 Å². The monoisotopic (exact) mass is 169 g/mol. The van der Waals surface area contributed by atoms with Gasteiger partial charge in [0, 0.05) is 6.04 Å². The molecule has 0 aliphatic heterocycles. The second kappa shape index (κ2) is 2.73. The highest BCUT2D eigenvalue weighted by molar-refractivity contribution is 5.82. The van der Waals surface area contributed by atoms with Crippen LogP contribution >= 0.6 is 0 Å². The van der Waals surface area contributed by atoms with Crippen LogP contribution in [0.15, 0.2) is 0 Å². The Morgan fingerprint density at radius 2 is 1.92 bits per heavy atom. The molecule has 0 saturated heterocycles. The topological polar surface area (TPSA) is 49.3 Å². The number of aliphatic carboxylic acids is 1. The molecule has 0 bridgehead atoms. The number of nitrogens with one attached hydrogen (secondary N) is 1. The molecule has 2 fully saturated rings. The fourth-order valence-corrected chi connectivity index (χ4v) is 2.01. The van der Waals surface area contributed by atoms with Crippen molar-refractivity contribution in [3.05, 3.63) is 0 Å². The van der Waals surface area contributed by atoms with E-state index in [1.54, 1.807) is 0 Å². The summed E-state index contributed by atoms with van der Waals surface area (Å²) in [4.78, 5) is 10.8. The Bertz CT molecular complexity index is 193. The van der Waals surface area contributed by atoms with Crippen LogP contribution in [0.3, 0.4) is 0 Å². The van der Waals surface area contributed by atoms with Crippen LogP contribution < -0.4 is 5.32 Å².